The molecule has 2 rings (SSSR count). The Morgan fingerprint density at radius 1 is 1.11 bits per heavy atom. The molecule has 0 aromatic heterocycles. The minimum absolute atomic E-state index is 0.0995. The lowest BCUT2D eigenvalue weighted by molar-refractivity contribution is -0.137. The molecular weight excluding hydrogens is 248 g/mol. The van der Waals surface area contributed by atoms with Crippen LogP contribution in [0.5, 0.6) is 0 Å². The minimum atomic E-state index is -0.566. The number of piperazine rings is 1. The number of carbonyl (C=O) groups is 2. The summed E-state index contributed by atoms with van der Waals surface area (Å²) in [7, 11) is 0. The van der Waals surface area contributed by atoms with Crippen molar-refractivity contribution in [1.82, 2.24) is 10.6 Å². The maximum atomic E-state index is 12.0. The molecule has 0 saturated carbocycles. The van der Waals surface area contributed by atoms with Crippen LogP contribution in [0.15, 0.2) is 30.3 Å². The molecule has 1 aliphatic heterocycles. The molecule has 1 aromatic carbocycles. The van der Waals surface area contributed by atoms with Gasteiger partial charge in [-0.15, -0.1) is 0 Å². The van der Waals surface area contributed by atoms with Gasteiger partial charge < -0.3 is 10.6 Å². The van der Waals surface area contributed by atoms with E-state index < -0.39 is 12.1 Å². The monoisotopic (exact) mass is 264 g/mol. The summed E-state index contributed by atoms with van der Waals surface area (Å²) in [5.41, 5.74) is 0.812. The molecule has 0 spiro atoms. The van der Waals surface area contributed by atoms with Gasteiger partial charge in [0.25, 0.3) is 0 Å². The van der Waals surface area contributed by atoms with Crippen LogP contribution in [-0.4, -0.2) is 29.9 Å². The van der Waals surface area contributed by atoms with E-state index in [0.29, 0.717) is 6.42 Å². The van der Waals surface area contributed by atoms with Crippen molar-refractivity contribution in [3.05, 3.63) is 35.9 Å². The van der Waals surface area contributed by atoms with Gasteiger partial charge in [0.15, 0.2) is 0 Å². The summed E-state index contributed by atoms with van der Waals surface area (Å²) in [6, 6.07) is 8.31. The van der Waals surface area contributed by atoms with Gasteiger partial charge in [-0.3, -0.25) is 9.59 Å². The summed E-state index contributed by atoms with van der Waals surface area (Å²) < 4.78 is 0. The first kappa shape index (κ1) is 13.0. The minimum Gasteiger partial charge on any atom is -0.342 e. The molecule has 1 aliphatic rings. The summed E-state index contributed by atoms with van der Waals surface area (Å²) >= 11 is 1.66. The van der Waals surface area contributed by atoms with E-state index >= 15 is 0 Å². The third-order valence-corrected chi connectivity index (χ3v) is 3.57. The molecule has 2 amide bonds. The molecule has 1 saturated heterocycles. The molecule has 0 aliphatic carbocycles. The average Bonchev–Trinajstić information content (AvgIpc) is 2.40. The van der Waals surface area contributed by atoms with Crippen LogP contribution < -0.4 is 10.6 Å². The summed E-state index contributed by atoms with van der Waals surface area (Å²) in [4.78, 5) is 23.9. The van der Waals surface area contributed by atoms with Crippen molar-refractivity contribution in [1.29, 1.82) is 0 Å². The van der Waals surface area contributed by atoms with Crippen molar-refractivity contribution in [2.75, 3.05) is 12.0 Å². The lowest BCUT2D eigenvalue weighted by atomic mass is 10.0. The lowest BCUT2D eigenvalue weighted by Crippen LogP contribution is -2.57. The smallest absolute Gasteiger partial charge is 0.247 e. The lowest BCUT2D eigenvalue weighted by Gasteiger charge is -2.29. The van der Waals surface area contributed by atoms with Gasteiger partial charge in [-0.2, -0.15) is 11.8 Å². The Kier molecular flexibility index (Phi) is 4.25. The zero-order chi connectivity index (χ0) is 13.0. The van der Waals surface area contributed by atoms with E-state index in [9.17, 15) is 9.59 Å². The molecule has 1 aromatic rings. The van der Waals surface area contributed by atoms with Gasteiger partial charge in [-0.05, 0) is 24.0 Å². The van der Waals surface area contributed by atoms with Crippen LogP contribution in [0.25, 0.3) is 0 Å². The van der Waals surface area contributed by atoms with Crippen LogP contribution in [0.3, 0.4) is 0 Å². The van der Waals surface area contributed by atoms with Crippen molar-refractivity contribution in [3.63, 3.8) is 0 Å². The number of amides is 2. The Hall–Kier alpha value is -1.49. The van der Waals surface area contributed by atoms with Crippen molar-refractivity contribution in [2.24, 2.45) is 0 Å². The number of hydrogen-bond acceptors (Lipinski definition) is 3. The second-order valence-electron chi connectivity index (χ2n) is 4.19. The first-order valence-electron chi connectivity index (χ1n) is 5.87. The normalized spacial score (nSPS) is 23.4. The molecule has 96 valence electrons. The summed E-state index contributed by atoms with van der Waals surface area (Å²) in [6.45, 7) is 0. The Balaban J connectivity index is 2.06. The van der Waals surface area contributed by atoms with Crippen LogP contribution >= 0.6 is 11.8 Å². The highest BCUT2D eigenvalue weighted by Gasteiger charge is 2.33. The molecule has 4 nitrogen and oxygen atoms in total. The number of benzene rings is 1. The topological polar surface area (TPSA) is 58.2 Å². The molecule has 2 atom stereocenters. The summed E-state index contributed by atoms with van der Waals surface area (Å²) in [6.07, 6.45) is 2.65. The fraction of sp³-hybridized carbons (Fsp3) is 0.385. The van der Waals surface area contributed by atoms with Gasteiger partial charge in [0.1, 0.15) is 12.1 Å². The van der Waals surface area contributed by atoms with Gasteiger partial charge in [-0.25, -0.2) is 0 Å². The fourth-order valence-corrected chi connectivity index (χ4v) is 2.42. The average molecular weight is 264 g/mol. The summed E-state index contributed by atoms with van der Waals surface area (Å²) in [5.74, 6) is 0.623. The van der Waals surface area contributed by atoms with Crippen LogP contribution in [0.1, 0.15) is 18.0 Å². The highest BCUT2D eigenvalue weighted by Crippen LogP contribution is 2.17. The molecule has 0 unspecified atom stereocenters. The van der Waals surface area contributed by atoms with E-state index in [1.165, 1.54) is 0 Å². The standard InChI is InChI=1S/C13H16N2O2S/c1-18-8-7-10-12(16)15-11(13(17)14-10)9-5-3-2-4-6-9/h2-6,10-11H,7-8H2,1H3,(H,14,17)(H,15,16)/t10-,11-/m0/s1. The van der Waals surface area contributed by atoms with Gasteiger partial charge in [0, 0.05) is 0 Å². The second-order valence-corrected chi connectivity index (χ2v) is 5.18. The maximum Gasteiger partial charge on any atom is 0.247 e. The Morgan fingerprint density at radius 2 is 1.83 bits per heavy atom. The van der Waals surface area contributed by atoms with Crippen molar-refractivity contribution < 1.29 is 9.59 Å². The zero-order valence-corrected chi connectivity index (χ0v) is 11.0. The molecule has 2 N–H and O–H groups in total. The number of carbonyl (C=O) groups excluding carboxylic acids is 2. The van der Waals surface area contributed by atoms with Gasteiger partial charge >= 0.3 is 0 Å². The highest BCUT2D eigenvalue weighted by atomic mass is 32.2. The third-order valence-electron chi connectivity index (χ3n) is 2.93. The third kappa shape index (κ3) is 2.85. The molecular formula is C13H16N2O2S. The van der Waals surface area contributed by atoms with Gasteiger partial charge in [0.2, 0.25) is 11.8 Å². The Morgan fingerprint density at radius 3 is 2.50 bits per heavy atom. The molecule has 0 bridgehead atoms. The number of hydrogen-bond donors (Lipinski definition) is 2. The molecule has 0 radical (unpaired) electrons. The Labute approximate surface area is 111 Å². The van der Waals surface area contributed by atoms with E-state index in [2.05, 4.69) is 10.6 Å². The van der Waals surface area contributed by atoms with E-state index in [-0.39, 0.29) is 11.8 Å². The fourth-order valence-electron chi connectivity index (χ4n) is 1.95. The van der Waals surface area contributed by atoms with Crippen LogP contribution in [0.4, 0.5) is 0 Å². The predicted octanol–water partition coefficient (Wildman–Crippen LogP) is 1.10. The van der Waals surface area contributed by atoms with Gasteiger partial charge in [0.05, 0.1) is 0 Å². The van der Waals surface area contributed by atoms with Gasteiger partial charge in [-0.1, -0.05) is 30.3 Å². The van der Waals surface area contributed by atoms with E-state index in [1.54, 1.807) is 11.8 Å². The molecule has 1 fully saturated rings. The zero-order valence-electron chi connectivity index (χ0n) is 10.2. The van der Waals surface area contributed by atoms with Crippen LogP contribution in [-0.2, 0) is 9.59 Å². The predicted molar refractivity (Wildman–Crippen MR) is 72.3 cm³/mol. The largest absolute Gasteiger partial charge is 0.342 e. The first-order chi connectivity index (χ1) is 8.72. The van der Waals surface area contributed by atoms with Crippen molar-refractivity contribution >= 4 is 23.6 Å². The van der Waals surface area contributed by atoms with Crippen LogP contribution in [0, 0.1) is 0 Å². The highest BCUT2D eigenvalue weighted by molar-refractivity contribution is 7.98. The van der Waals surface area contributed by atoms with E-state index in [4.69, 9.17) is 0 Å². The van der Waals surface area contributed by atoms with E-state index in [1.807, 2.05) is 36.6 Å². The van der Waals surface area contributed by atoms with E-state index in [0.717, 1.165) is 11.3 Å². The second kappa shape index (κ2) is 5.91. The SMILES string of the molecule is CSCC[C@@H]1NC(=O)[C@H](c2ccccc2)NC1=O. The Bertz CT molecular complexity index is 436. The van der Waals surface area contributed by atoms with Crippen molar-refractivity contribution in [3.8, 4) is 0 Å². The molecule has 5 heteroatoms. The number of rotatable bonds is 4. The molecule has 1 heterocycles. The first-order valence-corrected chi connectivity index (χ1v) is 7.26. The van der Waals surface area contributed by atoms with Crippen molar-refractivity contribution in [2.45, 2.75) is 18.5 Å². The number of nitrogens with one attached hydrogen (secondary N) is 2. The maximum absolute atomic E-state index is 12.0. The molecule has 18 heavy (non-hydrogen) atoms. The number of thioether (sulfide) groups is 1. The summed E-state index contributed by atoms with van der Waals surface area (Å²) in [5, 5.41) is 5.57. The van der Waals surface area contributed by atoms with Crippen LogP contribution in [0.2, 0.25) is 0 Å². The quantitative estimate of drug-likeness (QED) is 0.856.